The summed E-state index contributed by atoms with van der Waals surface area (Å²) >= 11 is 1.64. The van der Waals surface area contributed by atoms with Crippen LogP contribution in [0.25, 0.3) is 0 Å². The van der Waals surface area contributed by atoms with Gasteiger partial charge in [0.25, 0.3) is 0 Å². The Morgan fingerprint density at radius 1 is 1.39 bits per heavy atom. The van der Waals surface area contributed by atoms with Crippen LogP contribution in [0.2, 0.25) is 0 Å². The molecule has 2 aliphatic heterocycles. The SMILES string of the molecule is O=C1CSc2ccccc2N1CC[C@@H]1CCOC1. The van der Waals surface area contributed by atoms with Crippen LogP contribution >= 0.6 is 11.8 Å². The number of fused-ring (bicyclic) bond motifs is 1. The Kier molecular flexibility index (Phi) is 3.57. The van der Waals surface area contributed by atoms with E-state index in [-0.39, 0.29) is 5.91 Å². The minimum atomic E-state index is 0.234. The molecule has 1 saturated heterocycles. The van der Waals surface area contributed by atoms with E-state index in [1.807, 2.05) is 23.1 Å². The normalized spacial score (nSPS) is 23.2. The Morgan fingerprint density at radius 3 is 3.11 bits per heavy atom. The zero-order valence-electron chi connectivity index (χ0n) is 10.3. The summed E-state index contributed by atoms with van der Waals surface area (Å²) in [6, 6.07) is 8.18. The molecule has 0 spiro atoms. The van der Waals surface area contributed by atoms with E-state index < -0.39 is 0 Å². The summed E-state index contributed by atoms with van der Waals surface area (Å²) in [4.78, 5) is 15.2. The number of nitrogens with zero attached hydrogens (tertiary/aromatic N) is 1. The van der Waals surface area contributed by atoms with Crippen molar-refractivity contribution in [1.82, 2.24) is 0 Å². The number of carbonyl (C=O) groups is 1. The van der Waals surface area contributed by atoms with Crippen molar-refractivity contribution in [2.75, 3.05) is 30.4 Å². The van der Waals surface area contributed by atoms with Crippen LogP contribution in [0.4, 0.5) is 5.69 Å². The van der Waals surface area contributed by atoms with Crippen LogP contribution in [0.1, 0.15) is 12.8 Å². The second-order valence-corrected chi connectivity index (χ2v) is 5.84. The first-order valence-corrected chi connectivity index (χ1v) is 7.43. The van der Waals surface area contributed by atoms with Gasteiger partial charge in [-0.15, -0.1) is 11.8 Å². The molecule has 1 aromatic carbocycles. The van der Waals surface area contributed by atoms with Crippen molar-refractivity contribution >= 4 is 23.4 Å². The highest BCUT2D eigenvalue weighted by Crippen LogP contribution is 2.35. The van der Waals surface area contributed by atoms with Crippen LogP contribution < -0.4 is 4.90 Å². The minimum Gasteiger partial charge on any atom is -0.381 e. The largest absolute Gasteiger partial charge is 0.381 e. The van der Waals surface area contributed by atoms with E-state index >= 15 is 0 Å². The third-order valence-corrected chi connectivity index (χ3v) is 4.64. The third kappa shape index (κ3) is 2.40. The van der Waals surface area contributed by atoms with Crippen molar-refractivity contribution in [1.29, 1.82) is 0 Å². The van der Waals surface area contributed by atoms with Gasteiger partial charge in [0.05, 0.1) is 11.4 Å². The molecule has 96 valence electrons. The van der Waals surface area contributed by atoms with Gasteiger partial charge in [0.2, 0.25) is 5.91 Å². The molecule has 1 atom stereocenters. The predicted octanol–water partition coefficient (Wildman–Crippen LogP) is 2.55. The van der Waals surface area contributed by atoms with Gasteiger partial charge in [-0.3, -0.25) is 4.79 Å². The smallest absolute Gasteiger partial charge is 0.237 e. The molecule has 0 saturated carbocycles. The molecular formula is C14H17NO2S. The maximum Gasteiger partial charge on any atom is 0.237 e. The number of carbonyl (C=O) groups excluding carboxylic acids is 1. The first-order chi connectivity index (χ1) is 8.84. The second-order valence-electron chi connectivity index (χ2n) is 4.82. The molecule has 0 radical (unpaired) electrons. The fourth-order valence-corrected chi connectivity index (χ4v) is 3.46. The van der Waals surface area contributed by atoms with E-state index in [2.05, 4.69) is 6.07 Å². The molecule has 0 unspecified atom stereocenters. The van der Waals surface area contributed by atoms with Crippen molar-refractivity contribution in [3.8, 4) is 0 Å². The van der Waals surface area contributed by atoms with Gasteiger partial charge in [0.1, 0.15) is 0 Å². The van der Waals surface area contributed by atoms with Crippen LogP contribution in [-0.4, -0.2) is 31.4 Å². The van der Waals surface area contributed by atoms with E-state index in [9.17, 15) is 4.79 Å². The van der Waals surface area contributed by atoms with Crippen LogP contribution in [0.15, 0.2) is 29.2 Å². The number of benzene rings is 1. The zero-order chi connectivity index (χ0) is 12.4. The summed E-state index contributed by atoms with van der Waals surface area (Å²) in [5.74, 6) is 1.43. The Labute approximate surface area is 111 Å². The lowest BCUT2D eigenvalue weighted by molar-refractivity contribution is -0.116. The summed E-state index contributed by atoms with van der Waals surface area (Å²) in [6.07, 6.45) is 2.18. The standard InChI is InChI=1S/C14H17NO2S/c16-14-10-18-13-4-2-1-3-12(13)15(14)7-5-11-6-8-17-9-11/h1-4,11H,5-10H2/t11-/m1/s1. The van der Waals surface area contributed by atoms with Gasteiger partial charge >= 0.3 is 0 Å². The highest BCUT2D eigenvalue weighted by Gasteiger charge is 2.25. The van der Waals surface area contributed by atoms with Gasteiger partial charge in [-0.05, 0) is 30.9 Å². The van der Waals surface area contributed by atoms with E-state index in [1.54, 1.807) is 11.8 Å². The maximum atomic E-state index is 12.0. The number of amides is 1. The number of ether oxygens (including phenoxy) is 1. The molecule has 0 bridgehead atoms. The maximum absolute atomic E-state index is 12.0. The number of hydrogen-bond acceptors (Lipinski definition) is 3. The predicted molar refractivity (Wildman–Crippen MR) is 73.1 cm³/mol. The lowest BCUT2D eigenvalue weighted by Crippen LogP contribution is -2.36. The van der Waals surface area contributed by atoms with Gasteiger partial charge < -0.3 is 9.64 Å². The lowest BCUT2D eigenvalue weighted by atomic mass is 10.0. The number of rotatable bonds is 3. The molecule has 1 amide bonds. The molecule has 3 rings (SSSR count). The Bertz CT molecular complexity index is 443. The molecule has 2 heterocycles. The summed E-state index contributed by atoms with van der Waals surface area (Å²) in [6.45, 7) is 2.56. The van der Waals surface area contributed by atoms with Crippen LogP contribution in [0.5, 0.6) is 0 Å². The van der Waals surface area contributed by atoms with E-state index in [4.69, 9.17) is 4.74 Å². The summed E-state index contributed by atoms with van der Waals surface area (Å²) in [5, 5.41) is 0. The fraction of sp³-hybridized carbons (Fsp3) is 0.500. The molecule has 18 heavy (non-hydrogen) atoms. The number of hydrogen-bond donors (Lipinski definition) is 0. The molecule has 0 aliphatic carbocycles. The average Bonchev–Trinajstić information content (AvgIpc) is 2.91. The molecule has 4 heteroatoms. The lowest BCUT2D eigenvalue weighted by Gasteiger charge is -2.29. The number of anilines is 1. The minimum absolute atomic E-state index is 0.234. The summed E-state index contributed by atoms with van der Waals surface area (Å²) < 4.78 is 5.39. The van der Waals surface area contributed by atoms with Crippen molar-refractivity contribution < 1.29 is 9.53 Å². The number of thioether (sulfide) groups is 1. The van der Waals surface area contributed by atoms with Gasteiger partial charge in [-0.25, -0.2) is 0 Å². The van der Waals surface area contributed by atoms with Crippen LogP contribution in [0.3, 0.4) is 0 Å². The summed E-state index contributed by atoms with van der Waals surface area (Å²) in [7, 11) is 0. The second kappa shape index (κ2) is 5.33. The molecule has 1 fully saturated rings. The van der Waals surface area contributed by atoms with Gasteiger partial charge in [-0.1, -0.05) is 12.1 Å². The number of para-hydroxylation sites is 1. The summed E-state index contributed by atoms with van der Waals surface area (Å²) in [5.41, 5.74) is 1.08. The van der Waals surface area contributed by atoms with Gasteiger partial charge in [0, 0.05) is 24.7 Å². The molecule has 3 nitrogen and oxygen atoms in total. The molecular weight excluding hydrogens is 246 g/mol. The van der Waals surface area contributed by atoms with Crippen LogP contribution in [0, 0.1) is 5.92 Å². The van der Waals surface area contributed by atoms with E-state index in [0.29, 0.717) is 11.7 Å². The van der Waals surface area contributed by atoms with E-state index in [0.717, 1.165) is 38.3 Å². The van der Waals surface area contributed by atoms with Crippen molar-refractivity contribution in [3.05, 3.63) is 24.3 Å². The van der Waals surface area contributed by atoms with E-state index in [1.165, 1.54) is 4.90 Å². The van der Waals surface area contributed by atoms with Crippen molar-refractivity contribution in [2.24, 2.45) is 5.92 Å². The molecule has 2 aliphatic rings. The topological polar surface area (TPSA) is 29.5 Å². The quantitative estimate of drug-likeness (QED) is 0.839. The molecule has 1 aromatic rings. The first kappa shape index (κ1) is 12.1. The molecule has 0 aromatic heterocycles. The highest BCUT2D eigenvalue weighted by atomic mass is 32.2. The Morgan fingerprint density at radius 2 is 2.28 bits per heavy atom. The van der Waals surface area contributed by atoms with Gasteiger partial charge in [0.15, 0.2) is 0 Å². The van der Waals surface area contributed by atoms with Crippen molar-refractivity contribution in [3.63, 3.8) is 0 Å². The Hall–Kier alpha value is -1.00. The first-order valence-electron chi connectivity index (χ1n) is 6.44. The molecule has 0 N–H and O–H groups in total. The van der Waals surface area contributed by atoms with Crippen LogP contribution in [-0.2, 0) is 9.53 Å². The average molecular weight is 263 g/mol. The van der Waals surface area contributed by atoms with Crippen molar-refractivity contribution in [2.45, 2.75) is 17.7 Å². The highest BCUT2D eigenvalue weighted by molar-refractivity contribution is 8.00. The monoisotopic (exact) mass is 263 g/mol. The third-order valence-electron chi connectivity index (χ3n) is 3.59. The fourth-order valence-electron chi connectivity index (χ4n) is 2.52. The van der Waals surface area contributed by atoms with Gasteiger partial charge in [-0.2, -0.15) is 0 Å². The zero-order valence-corrected chi connectivity index (χ0v) is 11.1. The Balaban J connectivity index is 1.71.